The Labute approximate surface area is 157 Å². The van der Waals surface area contributed by atoms with Crippen LogP contribution in [0.5, 0.6) is 0 Å². The molecule has 2 saturated heterocycles. The number of urea groups is 1. The van der Waals surface area contributed by atoms with E-state index in [9.17, 15) is 9.90 Å². The monoisotopic (exact) mass is 371 g/mol. The van der Waals surface area contributed by atoms with E-state index in [4.69, 9.17) is 0 Å². The molecule has 1 aromatic carbocycles. The fourth-order valence-electron chi connectivity index (χ4n) is 3.85. The first kappa shape index (κ1) is 17.9. The average Bonchev–Trinajstić information content (AvgIpc) is 3.36. The Morgan fingerprint density at radius 2 is 1.96 bits per heavy atom. The number of rotatable bonds is 4. The van der Waals surface area contributed by atoms with Crippen molar-refractivity contribution in [2.45, 2.75) is 31.3 Å². The third-order valence-corrected chi connectivity index (χ3v) is 5.41. The van der Waals surface area contributed by atoms with Gasteiger partial charge < -0.3 is 20.2 Å². The summed E-state index contributed by atoms with van der Waals surface area (Å²) in [6.45, 7) is 3.98. The van der Waals surface area contributed by atoms with Gasteiger partial charge in [-0.2, -0.15) is 0 Å². The van der Waals surface area contributed by atoms with E-state index in [2.05, 4.69) is 25.7 Å². The zero-order valence-electron chi connectivity index (χ0n) is 15.3. The van der Waals surface area contributed by atoms with E-state index in [0.717, 1.165) is 25.3 Å². The lowest BCUT2D eigenvalue weighted by atomic mass is 9.91. The van der Waals surface area contributed by atoms with Gasteiger partial charge in [-0.05, 0) is 67.4 Å². The summed E-state index contributed by atoms with van der Waals surface area (Å²) in [6, 6.07) is 7.22. The standard InChI is InChI=1S/C18H25N7O2/c26-17(20-15-4-3-5-16(12-15)25-14-19-21-22-25)24-10-6-18(27,7-11-24)13-23-8-1-2-9-23/h3-5,12,14,27H,1-2,6-11,13H2,(H,20,26). The number of anilines is 1. The number of tetrazole rings is 1. The summed E-state index contributed by atoms with van der Waals surface area (Å²) in [4.78, 5) is 16.7. The lowest BCUT2D eigenvalue weighted by molar-refractivity contribution is -0.0331. The number of carbonyl (C=O) groups is 1. The fourth-order valence-corrected chi connectivity index (χ4v) is 3.85. The van der Waals surface area contributed by atoms with Crippen LogP contribution in [-0.4, -0.2) is 79.5 Å². The van der Waals surface area contributed by atoms with E-state index in [1.807, 2.05) is 24.3 Å². The fraction of sp³-hybridized carbons (Fsp3) is 0.556. The lowest BCUT2D eigenvalue weighted by Crippen LogP contribution is -2.52. The second-order valence-corrected chi connectivity index (χ2v) is 7.43. The maximum atomic E-state index is 12.6. The summed E-state index contributed by atoms with van der Waals surface area (Å²) in [5.41, 5.74) is 0.781. The predicted octanol–water partition coefficient (Wildman–Crippen LogP) is 1.12. The first-order valence-corrected chi connectivity index (χ1v) is 9.45. The molecule has 0 atom stereocenters. The van der Waals surface area contributed by atoms with Crippen LogP contribution in [0, 0.1) is 0 Å². The normalized spacial score (nSPS) is 20.0. The highest BCUT2D eigenvalue weighted by Crippen LogP contribution is 2.25. The van der Waals surface area contributed by atoms with Crippen molar-refractivity contribution < 1.29 is 9.90 Å². The Morgan fingerprint density at radius 3 is 2.67 bits per heavy atom. The molecule has 2 fully saturated rings. The average molecular weight is 371 g/mol. The predicted molar refractivity (Wildman–Crippen MR) is 99.6 cm³/mol. The topological polar surface area (TPSA) is 99.4 Å². The second-order valence-electron chi connectivity index (χ2n) is 7.43. The molecule has 9 nitrogen and oxygen atoms in total. The maximum Gasteiger partial charge on any atom is 0.321 e. The van der Waals surface area contributed by atoms with Gasteiger partial charge in [0.15, 0.2) is 0 Å². The molecule has 0 saturated carbocycles. The van der Waals surface area contributed by atoms with Gasteiger partial charge in [0.05, 0.1) is 11.3 Å². The molecular formula is C18H25N7O2. The van der Waals surface area contributed by atoms with E-state index in [0.29, 0.717) is 31.6 Å². The number of carbonyl (C=O) groups excluding carboxylic acids is 1. The second kappa shape index (κ2) is 7.61. The van der Waals surface area contributed by atoms with Crippen LogP contribution >= 0.6 is 0 Å². The van der Waals surface area contributed by atoms with Crippen molar-refractivity contribution in [3.63, 3.8) is 0 Å². The number of nitrogens with zero attached hydrogens (tertiary/aromatic N) is 6. The molecule has 1 aromatic heterocycles. The van der Waals surface area contributed by atoms with Gasteiger partial charge in [-0.15, -0.1) is 5.10 Å². The van der Waals surface area contributed by atoms with Crippen LogP contribution in [0.15, 0.2) is 30.6 Å². The van der Waals surface area contributed by atoms with Crippen LogP contribution in [0.3, 0.4) is 0 Å². The number of aliphatic hydroxyl groups is 1. The highest BCUT2D eigenvalue weighted by atomic mass is 16.3. The molecule has 4 rings (SSSR count). The summed E-state index contributed by atoms with van der Waals surface area (Å²) in [7, 11) is 0. The number of likely N-dealkylation sites (tertiary alicyclic amines) is 2. The molecule has 0 aliphatic carbocycles. The van der Waals surface area contributed by atoms with Crippen LogP contribution in [0.1, 0.15) is 25.7 Å². The van der Waals surface area contributed by atoms with Crippen molar-refractivity contribution >= 4 is 11.7 Å². The van der Waals surface area contributed by atoms with E-state index in [-0.39, 0.29) is 6.03 Å². The van der Waals surface area contributed by atoms with Gasteiger partial charge in [-0.1, -0.05) is 6.07 Å². The molecule has 2 aromatic rings. The van der Waals surface area contributed by atoms with Crippen LogP contribution in [0.25, 0.3) is 5.69 Å². The number of nitrogens with one attached hydrogen (secondary N) is 1. The van der Waals surface area contributed by atoms with Crippen molar-refractivity contribution in [3.05, 3.63) is 30.6 Å². The van der Waals surface area contributed by atoms with E-state index in [1.54, 1.807) is 4.90 Å². The molecule has 2 N–H and O–H groups in total. The maximum absolute atomic E-state index is 12.6. The van der Waals surface area contributed by atoms with Gasteiger partial charge in [-0.25, -0.2) is 9.48 Å². The summed E-state index contributed by atoms with van der Waals surface area (Å²) < 4.78 is 1.54. The van der Waals surface area contributed by atoms with Gasteiger partial charge in [0.1, 0.15) is 6.33 Å². The van der Waals surface area contributed by atoms with Gasteiger partial charge in [0.2, 0.25) is 0 Å². The summed E-state index contributed by atoms with van der Waals surface area (Å²) >= 11 is 0. The molecule has 2 aliphatic rings. The molecule has 27 heavy (non-hydrogen) atoms. The number of amides is 2. The number of hydrogen-bond acceptors (Lipinski definition) is 6. The number of benzene rings is 1. The number of β-amino-alcohol motifs (C(OH)–C–C–N with tert-alkyl or cyclic N) is 1. The Bertz CT molecular complexity index is 766. The number of piperidine rings is 1. The van der Waals surface area contributed by atoms with Crippen LogP contribution in [0.2, 0.25) is 0 Å². The van der Waals surface area contributed by atoms with Crippen molar-refractivity contribution in [3.8, 4) is 5.69 Å². The van der Waals surface area contributed by atoms with Crippen molar-refractivity contribution in [1.29, 1.82) is 0 Å². The van der Waals surface area contributed by atoms with E-state index >= 15 is 0 Å². The summed E-state index contributed by atoms with van der Waals surface area (Å²) in [6.07, 6.45) is 5.17. The molecule has 3 heterocycles. The molecule has 2 aliphatic heterocycles. The molecule has 9 heteroatoms. The third-order valence-electron chi connectivity index (χ3n) is 5.41. The highest BCUT2D eigenvalue weighted by Gasteiger charge is 2.36. The summed E-state index contributed by atoms with van der Waals surface area (Å²) in [5.74, 6) is 0. The molecule has 0 unspecified atom stereocenters. The highest BCUT2D eigenvalue weighted by molar-refractivity contribution is 5.89. The van der Waals surface area contributed by atoms with Gasteiger partial charge in [0, 0.05) is 25.3 Å². The van der Waals surface area contributed by atoms with Crippen LogP contribution in [0.4, 0.5) is 10.5 Å². The number of aromatic nitrogens is 4. The third kappa shape index (κ3) is 4.25. The smallest absolute Gasteiger partial charge is 0.321 e. The molecule has 2 amide bonds. The lowest BCUT2D eigenvalue weighted by Gasteiger charge is -2.40. The zero-order chi connectivity index (χ0) is 18.7. The van der Waals surface area contributed by atoms with Gasteiger partial charge in [0.25, 0.3) is 0 Å². The SMILES string of the molecule is O=C(Nc1cccc(-n2cnnn2)c1)N1CCC(O)(CN2CCCC2)CC1. The van der Waals surface area contributed by atoms with Crippen LogP contribution < -0.4 is 5.32 Å². The quantitative estimate of drug-likeness (QED) is 0.835. The van der Waals surface area contributed by atoms with E-state index < -0.39 is 5.60 Å². The Morgan fingerprint density at radius 1 is 1.19 bits per heavy atom. The number of hydrogen-bond donors (Lipinski definition) is 2. The zero-order valence-corrected chi connectivity index (χ0v) is 15.3. The first-order valence-electron chi connectivity index (χ1n) is 9.45. The largest absolute Gasteiger partial charge is 0.388 e. The van der Waals surface area contributed by atoms with Gasteiger partial charge in [-0.3, -0.25) is 0 Å². The molecule has 0 radical (unpaired) electrons. The Hall–Kier alpha value is -2.52. The van der Waals surface area contributed by atoms with E-state index in [1.165, 1.54) is 23.9 Å². The molecule has 144 valence electrons. The minimum Gasteiger partial charge on any atom is -0.388 e. The van der Waals surface area contributed by atoms with Gasteiger partial charge >= 0.3 is 6.03 Å². The Balaban J connectivity index is 1.32. The molecule has 0 spiro atoms. The van der Waals surface area contributed by atoms with Crippen molar-refractivity contribution in [1.82, 2.24) is 30.0 Å². The van der Waals surface area contributed by atoms with Crippen molar-refractivity contribution in [2.24, 2.45) is 0 Å². The minimum atomic E-state index is -0.679. The minimum absolute atomic E-state index is 0.146. The molecular weight excluding hydrogens is 346 g/mol. The van der Waals surface area contributed by atoms with Crippen LogP contribution in [-0.2, 0) is 0 Å². The summed E-state index contributed by atoms with van der Waals surface area (Å²) in [5, 5.41) is 24.9. The Kier molecular flexibility index (Phi) is 5.04. The first-order chi connectivity index (χ1) is 13.1. The molecule has 0 bridgehead atoms. The van der Waals surface area contributed by atoms with Crippen molar-refractivity contribution in [2.75, 3.05) is 38.0 Å².